The van der Waals surface area contributed by atoms with Gasteiger partial charge in [-0.3, -0.25) is 0 Å². The quantitative estimate of drug-likeness (QED) is 0.532. The molecule has 8 heavy (non-hydrogen) atoms. The highest BCUT2D eigenvalue weighted by molar-refractivity contribution is 5.00. The van der Waals surface area contributed by atoms with Crippen LogP contribution in [0.4, 0.5) is 0 Å². The van der Waals surface area contributed by atoms with Gasteiger partial charge in [0.1, 0.15) is 0 Å². The molecular formula is C5H11N3. The van der Waals surface area contributed by atoms with Crippen LogP contribution in [0.1, 0.15) is 13.3 Å². The van der Waals surface area contributed by atoms with E-state index >= 15 is 0 Å². The van der Waals surface area contributed by atoms with Crippen molar-refractivity contribution in [1.29, 1.82) is 5.53 Å². The molecule has 0 spiro atoms. The van der Waals surface area contributed by atoms with Gasteiger partial charge in [-0.2, -0.15) is 5.11 Å². The standard InChI is InChI=1S/C5H11N3/c1-2-5(3-6)4-8-7/h4,7H,2-3,6H2,1H3/b5-4-,8-7?. The minimum atomic E-state index is 0.513. The molecule has 0 aliphatic rings. The summed E-state index contributed by atoms with van der Waals surface area (Å²) in [6.45, 7) is 2.50. The Balaban J connectivity index is 3.66. The van der Waals surface area contributed by atoms with Gasteiger partial charge < -0.3 is 5.73 Å². The van der Waals surface area contributed by atoms with Crippen LogP contribution in [0.2, 0.25) is 0 Å². The van der Waals surface area contributed by atoms with Crippen molar-refractivity contribution < 1.29 is 0 Å². The molecule has 0 fully saturated rings. The van der Waals surface area contributed by atoms with Crippen molar-refractivity contribution in [1.82, 2.24) is 0 Å². The van der Waals surface area contributed by atoms with Crippen LogP contribution >= 0.6 is 0 Å². The zero-order valence-electron chi connectivity index (χ0n) is 5.02. The molecule has 0 atom stereocenters. The lowest BCUT2D eigenvalue weighted by atomic mass is 10.2. The molecule has 0 rings (SSSR count). The SMILES string of the molecule is CC/C(=C/N=N)CN. The number of hydrogen-bond donors (Lipinski definition) is 2. The second kappa shape index (κ2) is 4.46. The molecule has 0 aliphatic heterocycles. The highest BCUT2D eigenvalue weighted by atomic mass is 14.9. The summed E-state index contributed by atoms with van der Waals surface area (Å²) in [6.07, 6.45) is 2.37. The van der Waals surface area contributed by atoms with Gasteiger partial charge in [0.2, 0.25) is 0 Å². The molecule has 0 aromatic carbocycles. The number of nitrogens with one attached hydrogen (secondary N) is 1. The number of hydrogen-bond acceptors (Lipinski definition) is 3. The first kappa shape index (κ1) is 7.30. The van der Waals surface area contributed by atoms with E-state index in [-0.39, 0.29) is 0 Å². The lowest BCUT2D eigenvalue weighted by Gasteiger charge is -1.92. The van der Waals surface area contributed by atoms with Gasteiger partial charge >= 0.3 is 0 Å². The number of rotatable bonds is 3. The van der Waals surface area contributed by atoms with E-state index in [1.54, 1.807) is 0 Å². The summed E-state index contributed by atoms with van der Waals surface area (Å²) < 4.78 is 0. The minimum absolute atomic E-state index is 0.513. The van der Waals surface area contributed by atoms with Crippen LogP contribution in [0.15, 0.2) is 16.9 Å². The molecule has 46 valence electrons. The Labute approximate surface area is 49.1 Å². The molecule has 0 aromatic heterocycles. The summed E-state index contributed by atoms with van der Waals surface area (Å²) in [4.78, 5) is 0. The molecule has 0 heterocycles. The maximum atomic E-state index is 6.43. The van der Waals surface area contributed by atoms with Gasteiger partial charge in [-0.15, -0.1) is 0 Å². The second-order valence-electron chi connectivity index (χ2n) is 1.47. The Morgan fingerprint density at radius 2 is 2.50 bits per heavy atom. The van der Waals surface area contributed by atoms with Gasteiger partial charge in [0.05, 0.1) is 0 Å². The molecule has 3 N–H and O–H groups in total. The normalized spacial score (nSPS) is 11.5. The lowest BCUT2D eigenvalue weighted by molar-refractivity contribution is 0.978. The van der Waals surface area contributed by atoms with E-state index in [0.717, 1.165) is 12.0 Å². The summed E-state index contributed by atoms with van der Waals surface area (Å²) in [6, 6.07) is 0. The van der Waals surface area contributed by atoms with Crippen LogP contribution in [0.3, 0.4) is 0 Å². The molecular weight excluding hydrogens is 102 g/mol. The van der Waals surface area contributed by atoms with E-state index in [1.165, 1.54) is 6.20 Å². The van der Waals surface area contributed by atoms with E-state index in [1.807, 2.05) is 6.92 Å². The second-order valence-corrected chi connectivity index (χ2v) is 1.47. The van der Waals surface area contributed by atoms with Crippen molar-refractivity contribution in [3.8, 4) is 0 Å². The van der Waals surface area contributed by atoms with Gasteiger partial charge in [-0.25, -0.2) is 5.53 Å². The Morgan fingerprint density at radius 1 is 1.88 bits per heavy atom. The van der Waals surface area contributed by atoms with E-state index < -0.39 is 0 Å². The van der Waals surface area contributed by atoms with Gasteiger partial charge in [0.15, 0.2) is 0 Å². The van der Waals surface area contributed by atoms with Crippen molar-refractivity contribution >= 4 is 0 Å². The predicted octanol–water partition coefficient (Wildman–Crippen LogP) is 1.27. The fraction of sp³-hybridized carbons (Fsp3) is 0.600. The third-order valence-electron chi connectivity index (χ3n) is 0.963. The maximum absolute atomic E-state index is 6.43. The van der Waals surface area contributed by atoms with Crippen molar-refractivity contribution in [3.05, 3.63) is 11.8 Å². The van der Waals surface area contributed by atoms with Crippen LogP contribution in [-0.4, -0.2) is 6.54 Å². The Hall–Kier alpha value is -0.700. The molecule has 0 radical (unpaired) electrons. The molecule has 0 saturated heterocycles. The first-order valence-electron chi connectivity index (χ1n) is 2.59. The summed E-state index contributed by atoms with van der Waals surface area (Å²) in [5.41, 5.74) is 12.7. The largest absolute Gasteiger partial charge is 0.327 e. The Kier molecular flexibility index (Phi) is 4.07. The fourth-order valence-corrected chi connectivity index (χ4v) is 0.380. The zero-order valence-corrected chi connectivity index (χ0v) is 5.02. The van der Waals surface area contributed by atoms with Crippen molar-refractivity contribution in [2.45, 2.75) is 13.3 Å². The van der Waals surface area contributed by atoms with Crippen LogP contribution in [0.25, 0.3) is 0 Å². The molecule has 0 aromatic rings. The highest BCUT2D eigenvalue weighted by Crippen LogP contribution is 1.95. The number of nitrogens with two attached hydrogens (primary N) is 1. The van der Waals surface area contributed by atoms with E-state index in [4.69, 9.17) is 11.3 Å². The minimum Gasteiger partial charge on any atom is -0.327 e. The van der Waals surface area contributed by atoms with Crippen molar-refractivity contribution in [3.63, 3.8) is 0 Å². The summed E-state index contributed by atoms with van der Waals surface area (Å²) in [5.74, 6) is 0. The summed E-state index contributed by atoms with van der Waals surface area (Å²) in [7, 11) is 0. The molecule has 0 saturated carbocycles. The average molecular weight is 113 g/mol. The third kappa shape index (κ3) is 2.47. The zero-order chi connectivity index (χ0) is 6.41. The predicted molar refractivity (Wildman–Crippen MR) is 32.6 cm³/mol. The highest BCUT2D eigenvalue weighted by Gasteiger charge is 1.85. The fourth-order valence-electron chi connectivity index (χ4n) is 0.380. The Morgan fingerprint density at radius 3 is 2.62 bits per heavy atom. The van der Waals surface area contributed by atoms with Gasteiger partial charge in [-0.05, 0) is 12.0 Å². The third-order valence-corrected chi connectivity index (χ3v) is 0.963. The van der Waals surface area contributed by atoms with Gasteiger partial charge in [0.25, 0.3) is 0 Å². The van der Waals surface area contributed by atoms with E-state index in [9.17, 15) is 0 Å². The Bertz CT molecular complexity index is 89.8. The molecule has 3 heteroatoms. The van der Waals surface area contributed by atoms with E-state index in [0.29, 0.717) is 6.54 Å². The maximum Gasteiger partial charge on any atom is 0.0493 e. The molecule has 0 unspecified atom stereocenters. The van der Waals surface area contributed by atoms with Crippen LogP contribution in [0.5, 0.6) is 0 Å². The summed E-state index contributed by atoms with van der Waals surface area (Å²) in [5, 5.41) is 3.09. The van der Waals surface area contributed by atoms with E-state index in [2.05, 4.69) is 5.11 Å². The van der Waals surface area contributed by atoms with Crippen LogP contribution in [0, 0.1) is 5.53 Å². The van der Waals surface area contributed by atoms with Crippen LogP contribution < -0.4 is 5.73 Å². The monoisotopic (exact) mass is 113 g/mol. The first-order chi connectivity index (χ1) is 3.85. The molecule has 3 nitrogen and oxygen atoms in total. The van der Waals surface area contributed by atoms with Gasteiger partial charge in [-0.1, -0.05) is 6.92 Å². The molecule has 0 bridgehead atoms. The lowest BCUT2D eigenvalue weighted by Crippen LogP contribution is -2.01. The van der Waals surface area contributed by atoms with Crippen molar-refractivity contribution in [2.75, 3.05) is 6.54 Å². The molecule has 0 aliphatic carbocycles. The average Bonchev–Trinajstić information content (AvgIpc) is 1.83. The van der Waals surface area contributed by atoms with Crippen LogP contribution in [-0.2, 0) is 0 Å². The smallest absolute Gasteiger partial charge is 0.0493 e. The number of nitrogens with zero attached hydrogens (tertiary/aromatic N) is 1. The molecule has 0 amide bonds. The van der Waals surface area contributed by atoms with Gasteiger partial charge in [0, 0.05) is 12.7 Å². The summed E-state index contributed by atoms with van der Waals surface area (Å²) >= 11 is 0. The van der Waals surface area contributed by atoms with Crippen molar-refractivity contribution in [2.24, 2.45) is 10.8 Å². The first-order valence-corrected chi connectivity index (χ1v) is 2.59. The topological polar surface area (TPSA) is 62.2 Å².